The van der Waals surface area contributed by atoms with Crippen LogP contribution in [0.5, 0.6) is 0 Å². The van der Waals surface area contributed by atoms with E-state index < -0.39 is 0 Å². The molecule has 1 N–H and O–H groups in total. The van der Waals surface area contributed by atoms with Crippen LogP contribution >= 0.6 is 0 Å². The maximum absolute atomic E-state index is 12.2. The molecule has 0 spiro atoms. The van der Waals surface area contributed by atoms with Gasteiger partial charge in [0.05, 0.1) is 12.1 Å². The van der Waals surface area contributed by atoms with Crippen molar-refractivity contribution in [3.8, 4) is 0 Å². The lowest BCUT2D eigenvalue weighted by atomic mass is 9.91. The molecule has 18 heavy (non-hydrogen) atoms. The smallest absolute Gasteiger partial charge is 0.222 e. The number of aliphatic hydroxyl groups is 1. The summed E-state index contributed by atoms with van der Waals surface area (Å²) in [6.45, 7) is 0. The molecule has 0 aromatic carbocycles. The molecule has 3 nitrogen and oxygen atoms in total. The van der Waals surface area contributed by atoms with Crippen molar-refractivity contribution in [2.75, 3.05) is 7.05 Å². The molecule has 2 rings (SSSR count). The lowest BCUT2D eigenvalue weighted by molar-refractivity contribution is -0.135. The first-order valence-electron chi connectivity index (χ1n) is 7.62. The number of carbonyl (C=O) groups is 1. The summed E-state index contributed by atoms with van der Waals surface area (Å²) >= 11 is 0. The van der Waals surface area contributed by atoms with E-state index in [0.29, 0.717) is 6.42 Å². The molecule has 0 aromatic rings. The molecule has 0 aliphatic heterocycles. The Labute approximate surface area is 111 Å². The van der Waals surface area contributed by atoms with E-state index in [1.807, 2.05) is 11.9 Å². The number of amides is 1. The second-order valence-corrected chi connectivity index (χ2v) is 6.11. The van der Waals surface area contributed by atoms with Crippen molar-refractivity contribution in [2.24, 2.45) is 5.92 Å². The summed E-state index contributed by atoms with van der Waals surface area (Å²) < 4.78 is 0. The number of hydrogen-bond donors (Lipinski definition) is 1. The lowest BCUT2D eigenvalue weighted by Gasteiger charge is -2.35. The monoisotopic (exact) mass is 253 g/mol. The highest BCUT2D eigenvalue weighted by atomic mass is 16.3. The van der Waals surface area contributed by atoms with Gasteiger partial charge in [-0.15, -0.1) is 0 Å². The lowest BCUT2D eigenvalue weighted by Crippen LogP contribution is -2.46. The van der Waals surface area contributed by atoms with Crippen LogP contribution in [0.25, 0.3) is 0 Å². The highest BCUT2D eigenvalue weighted by Gasteiger charge is 2.29. The van der Waals surface area contributed by atoms with E-state index in [-0.39, 0.29) is 18.1 Å². The average Bonchev–Trinajstić information content (AvgIpc) is 2.89. The van der Waals surface area contributed by atoms with E-state index >= 15 is 0 Å². The van der Waals surface area contributed by atoms with E-state index in [2.05, 4.69) is 0 Å². The minimum Gasteiger partial charge on any atom is -0.391 e. The second kappa shape index (κ2) is 6.55. The standard InChI is InChI=1S/C15H27NO2/c1-16(13-8-4-5-9-14(13)17)15(18)11-10-12-6-2-3-7-12/h12-14,17H,2-11H2,1H3. The molecule has 2 aliphatic rings. The molecule has 0 heterocycles. The maximum atomic E-state index is 12.2. The van der Waals surface area contributed by atoms with Crippen LogP contribution in [-0.4, -0.2) is 35.1 Å². The van der Waals surface area contributed by atoms with E-state index in [9.17, 15) is 9.90 Å². The molecule has 2 saturated carbocycles. The van der Waals surface area contributed by atoms with Crippen molar-refractivity contribution in [2.45, 2.75) is 76.4 Å². The summed E-state index contributed by atoms with van der Waals surface area (Å²) in [5.41, 5.74) is 0. The summed E-state index contributed by atoms with van der Waals surface area (Å²) in [6.07, 6.45) is 10.8. The molecule has 2 atom stereocenters. The van der Waals surface area contributed by atoms with E-state index in [1.165, 1.54) is 25.7 Å². The van der Waals surface area contributed by atoms with Crippen LogP contribution in [0, 0.1) is 5.92 Å². The molecule has 2 unspecified atom stereocenters. The number of rotatable bonds is 4. The molecule has 3 heteroatoms. The predicted molar refractivity (Wildman–Crippen MR) is 72.2 cm³/mol. The van der Waals surface area contributed by atoms with Crippen molar-refractivity contribution in [3.05, 3.63) is 0 Å². The molecular weight excluding hydrogens is 226 g/mol. The third kappa shape index (κ3) is 3.47. The van der Waals surface area contributed by atoms with Crippen molar-refractivity contribution in [1.29, 1.82) is 0 Å². The van der Waals surface area contributed by atoms with Crippen LogP contribution in [-0.2, 0) is 4.79 Å². The van der Waals surface area contributed by atoms with Gasteiger partial charge in [-0.05, 0) is 25.2 Å². The molecule has 104 valence electrons. The third-order valence-electron chi connectivity index (χ3n) is 4.83. The van der Waals surface area contributed by atoms with Gasteiger partial charge in [0.25, 0.3) is 0 Å². The van der Waals surface area contributed by atoms with Crippen LogP contribution in [0.15, 0.2) is 0 Å². The Hall–Kier alpha value is -0.570. The van der Waals surface area contributed by atoms with Gasteiger partial charge in [-0.25, -0.2) is 0 Å². The van der Waals surface area contributed by atoms with Gasteiger partial charge < -0.3 is 10.0 Å². The Morgan fingerprint density at radius 2 is 1.72 bits per heavy atom. The number of carbonyl (C=O) groups excluding carboxylic acids is 1. The van der Waals surface area contributed by atoms with Gasteiger partial charge in [0.15, 0.2) is 0 Å². The molecule has 0 saturated heterocycles. The first-order valence-corrected chi connectivity index (χ1v) is 7.62. The van der Waals surface area contributed by atoms with Gasteiger partial charge in [-0.1, -0.05) is 38.5 Å². The maximum Gasteiger partial charge on any atom is 0.222 e. The molecule has 0 aromatic heterocycles. The Morgan fingerprint density at radius 1 is 1.11 bits per heavy atom. The number of hydrogen-bond acceptors (Lipinski definition) is 2. The summed E-state index contributed by atoms with van der Waals surface area (Å²) in [5.74, 6) is 1.01. The Bertz CT molecular complexity index is 274. The minimum atomic E-state index is -0.306. The van der Waals surface area contributed by atoms with E-state index in [0.717, 1.165) is 38.0 Å². The number of aliphatic hydroxyl groups excluding tert-OH is 1. The molecule has 2 aliphatic carbocycles. The molecule has 0 radical (unpaired) electrons. The zero-order valence-corrected chi connectivity index (χ0v) is 11.6. The van der Waals surface area contributed by atoms with Gasteiger partial charge in [-0.3, -0.25) is 4.79 Å². The fraction of sp³-hybridized carbons (Fsp3) is 0.933. The topological polar surface area (TPSA) is 40.5 Å². The minimum absolute atomic E-state index is 0.0647. The second-order valence-electron chi connectivity index (χ2n) is 6.11. The fourth-order valence-corrected chi connectivity index (χ4v) is 3.53. The Kier molecular flexibility index (Phi) is 5.04. The summed E-state index contributed by atoms with van der Waals surface area (Å²) in [7, 11) is 1.87. The normalized spacial score (nSPS) is 29.4. The molecule has 2 fully saturated rings. The first kappa shape index (κ1) is 13.9. The van der Waals surface area contributed by atoms with Gasteiger partial charge in [0, 0.05) is 13.5 Å². The van der Waals surface area contributed by atoms with Crippen LogP contribution in [0.3, 0.4) is 0 Å². The van der Waals surface area contributed by atoms with E-state index in [4.69, 9.17) is 0 Å². The van der Waals surface area contributed by atoms with E-state index in [1.54, 1.807) is 0 Å². The van der Waals surface area contributed by atoms with Gasteiger partial charge in [0.2, 0.25) is 5.91 Å². The van der Waals surface area contributed by atoms with Crippen molar-refractivity contribution in [1.82, 2.24) is 4.90 Å². The van der Waals surface area contributed by atoms with Crippen molar-refractivity contribution in [3.63, 3.8) is 0 Å². The van der Waals surface area contributed by atoms with Gasteiger partial charge >= 0.3 is 0 Å². The van der Waals surface area contributed by atoms with Crippen LogP contribution < -0.4 is 0 Å². The average molecular weight is 253 g/mol. The Morgan fingerprint density at radius 3 is 2.39 bits per heavy atom. The summed E-state index contributed by atoms with van der Waals surface area (Å²) in [5, 5.41) is 9.97. The highest BCUT2D eigenvalue weighted by Crippen LogP contribution is 2.29. The van der Waals surface area contributed by atoms with Crippen LogP contribution in [0.4, 0.5) is 0 Å². The quantitative estimate of drug-likeness (QED) is 0.837. The van der Waals surface area contributed by atoms with Crippen molar-refractivity contribution >= 4 is 5.91 Å². The van der Waals surface area contributed by atoms with Gasteiger partial charge in [0.1, 0.15) is 0 Å². The SMILES string of the molecule is CN(C(=O)CCC1CCCC1)C1CCCCC1O. The highest BCUT2D eigenvalue weighted by molar-refractivity contribution is 5.76. The van der Waals surface area contributed by atoms with Crippen molar-refractivity contribution < 1.29 is 9.90 Å². The zero-order valence-electron chi connectivity index (χ0n) is 11.6. The number of likely N-dealkylation sites (N-methyl/N-ethyl adjacent to an activating group) is 1. The number of nitrogens with zero attached hydrogens (tertiary/aromatic N) is 1. The summed E-state index contributed by atoms with van der Waals surface area (Å²) in [6, 6.07) is 0.0647. The molecule has 0 bridgehead atoms. The summed E-state index contributed by atoms with van der Waals surface area (Å²) in [4.78, 5) is 14.0. The third-order valence-corrected chi connectivity index (χ3v) is 4.83. The molecule has 1 amide bonds. The predicted octanol–water partition coefficient (Wildman–Crippen LogP) is 2.72. The van der Waals surface area contributed by atoms with Crippen LogP contribution in [0.1, 0.15) is 64.2 Å². The zero-order chi connectivity index (χ0) is 13.0. The van der Waals surface area contributed by atoms with Crippen LogP contribution in [0.2, 0.25) is 0 Å². The first-order chi connectivity index (χ1) is 8.68. The fourth-order valence-electron chi connectivity index (χ4n) is 3.53. The van der Waals surface area contributed by atoms with Gasteiger partial charge in [-0.2, -0.15) is 0 Å². The largest absolute Gasteiger partial charge is 0.391 e. The molecular formula is C15H27NO2. The Balaban J connectivity index is 1.76.